The molecule has 0 heterocycles. The monoisotopic (exact) mass is 336 g/mol. The molecule has 0 unspecified atom stereocenters. The van der Waals surface area contributed by atoms with Gasteiger partial charge in [-0.15, -0.1) is 0 Å². The first-order valence-electron chi connectivity index (χ1n) is 7.00. The van der Waals surface area contributed by atoms with E-state index in [0.29, 0.717) is 11.5 Å². The minimum Gasteiger partial charge on any atom is -0.493 e. The minimum atomic E-state index is -0.952. The number of benzene rings is 1. The molecule has 0 radical (unpaired) electrons. The Morgan fingerprint density at radius 3 is 2.46 bits per heavy atom. The van der Waals surface area contributed by atoms with Gasteiger partial charge in [-0.25, -0.2) is 0 Å². The number of esters is 1. The van der Waals surface area contributed by atoms with Crippen molar-refractivity contribution in [3.05, 3.63) is 24.3 Å². The van der Waals surface area contributed by atoms with E-state index in [4.69, 9.17) is 15.0 Å². The Morgan fingerprint density at radius 1 is 1.21 bits per heavy atom. The number of ether oxygens (including phenoxy) is 3. The number of carbonyl (C=O) groups is 3. The second-order valence-electron chi connectivity index (χ2n) is 4.31. The predicted octanol–water partition coefficient (Wildman–Crippen LogP) is 0.00257. The number of para-hydroxylation sites is 2. The van der Waals surface area contributed by atoms with E-state index in [1.807, 2.05) is 0 Å². The van der Waals surface area contributed by atoms with Gasteiger partial charge in [-0.3, -0.25) is 14.4 Å². The average molecular weight is 336 g/mol. The van der Waals surface area contributed by atoms with Crippen LogP contribution in [-0.2, 0) is 19.1 Å². The largest absolute Gasteiger partial charge is 0.493 e. The van der Waals surface area contributed by atoms with Crippen LogP contribution in [-0.4, -0.2) is 55.0 Å². The molecular formula is C15H18N3O6+. The molecular weight excluding hydrogens is 318 g/mol. The molecule has 128 valence electrons. The summed E-state index contributed by atoms with van der Waals surface area (Å²) in [6, 6.07) is 6.65. The zero-order chi connectivity index (χ0) is 17.9. The third-order valence-electron chi connectivity index (χ3n) is 2.72. The van der Waals surface area contributed by atoms with E-state index in [0.717, 1.165) is 0 Å². The van der Waals surface area contributed by atoms with Gasteiger partial charge >= 0.3 is 17.6 Å². The summed E-state index contributed by atoms with van der Waals surface area (Å²) in [4.78, 5) is 37.8. The average Bonchev–Trinajstić information content (AvgIpc) is 2.59. The van der Waals surface area contributed by atoms with Gasteiger partial charge in [0.15, 0.2) is 18.1 Å². The fourth-order valence-corrected chi connectivity index (χ4v) is 1.64. The molecule has 1 amide bonds. The van der Waals surface area contributed by atoms with E-state index in [2.05, 4.69) is 14.8 Å². The molecule has 0 aliphatic carbocycles. The second kappa shape index (κ2) is 9.75. The number of hydrogen-bond donors (Lipinski definition) is 2. The van der Waals surface area contributed by atoms with E-state index in [9.17, 15) is 14.4 Å². The van der Waals surface area contributed by atoms with Crippen LogP contribution < -0.4 is 14.8 Å². The third kappa shape index (κ3) is 5.54. The summed E-state index contributed by atoms with van der Waals surface area (Å²) in [5, 5.41) is 2.15. The maximum absolute atomic E-state index is 12.0. The number of amides is 1. The summed E-state index contributed by atoms with van der Waals surface area (Å²) in [7, 11) is 1.45. The first-order valence-corrected chi connectivity index (χ1v) is 7.00. The summed E-state index contributed by atoms with van der Waals surface area (Å²) < 4.78 is 15.0. The highest BCUT2D eigenvalue weighted by Gasteiger charge is 2.32. The van der Waals surface area contributed by atoms with Crippen LogP contribution in [0.1, 0.15) is 6.92 Å². The quantitative estimate of drug-likeness (QED) is 0.215. The molecule has 0 aliphatic heterocycles. The number of nitrogens with zero attached hydrogens (tertiary/aromatic N) is 1. The van der Waals surface area contributed by atoms with Crippen molar-refractivity contribution in [3.8, 4) is 11.5 Å². The van der Waals surface area contributed by atoms with Crippen LogP contribution >= 0.6 is 0 Å². The SMILES string of the molecule is CCOC(=O)CNC(=O)C(=[N+]=N)C(=O)COc1ccccc1OC. The molecule has 1 aromatic rings. The van der Waals surface area contributed by atoms with Gasteiger partial charge in [0.2, 0.25) is 0 Å². The van der Waals surface area contributed by atoms with Gasteiger partial charge in [-0.2, -0.15) is 0 Å². The smallest absolute Gasteiger partial charge is 0.474 e. The molecule has 1 rings (SSSR count). The van der Waals surface area contributed by atoms with Crippen LogP contribution in [0.15, 0.2) is 24.3 Å². The number of carbonyl (C=O) groups excluding carboxylic acids is 3. The van der Waals surface area contributed by atoms with E-state index in [-0.39, 0.29) is 6.61 Å². The maximum Gasteiger partial charge on any atom is 0.474 e. The highest BCUT2D eigenvalue weighted by molar-refractivity contribution is 6.64. The summed E-state index contributed by atoms with van der Waals surface area (Å²) in [5.74, 6) is -1.69. The lowest BCUT2D eigenvalue weighted by Crippen LogP contribution is -2.41. The fourth-order valence-electron chi connectivity index (χ4n) is 1.64. The highest BCUT2D eigenvalue weighted by Crippen LogP contribution is 2.25. The van der Waals surface area contributed by atoms with Crippen molar-refractivity contribution in [1.82, 2.24) is 5.32 Å². The molecule has 0 saturated heterocycles. The van der Waals surface area contributed by atoms with E-state index in [1.165, 1.54) is 7.11 Å². The molecule has 0 spiro atoms. The number of ketones is 1. The minimum absolute atomic E-state index is 0.166. The normalized spacial score (nSPS) is 9.42. The highest BCUT2D eigenvalue weighted by atomic mass is 16.5. The van der Waals surface area contributed by atoms with Crippen LogP contribution in [0.4, 0.5) is 0 Å². The van der Waals surface area contributed by atoms with Crippen LogP contribution in [0.3, 0.4) is 0 Å². The van der Waals surface area contributed by atoms with Gasteiger partial charge in [0.05, 0.1) is 24.0 Å². The Morgan fingerprint density at radius 2 is 1.88 bits per heavy atom. The van der Waals surface area contributed by atoms with Crippen molar-refractivity contribution in [2.24, 2.45) is 0 Å². The van der Waals surface area contributed by atoms with Crippen molar-refractivity contribution in [2.75, 3.05) is 26.9 Å². The lowest BCUT2D eigenvalue weighted by atomic mass is 10.2. The van der Waals surface area contributed by atoms with Crippen molar-refractivity contribution in [2.45, 2.75) is 6.92 Å². The lowest BCUT2D eigenvalue weighted by molar-refractivity contribution is -0.148. The molecule has 0 saturated carbocycles. The molecule has 0 aliphatic rings. The van der Waals surface area contributed by atoms with Gasteiger partial charge < -0.3 is 19.5 Å². The number of Topliss-reactive ketones (excluding diaryl/α,β-unsaturated/α-hetero) is 1. The standard InChI is InChI=1S/C15H17N3O6/c1-3-23-13(20)8-17-15(21)14(18-16)10(19)9-24-12-7-5-4-6-11(12)22-2/h4-7,16H,3,8-9H2,1-2H3/p+1. The van der Waals surface area contributed by atoms with E-state index < -0.39 is 36.5 Å². The van der Waals surface area contributed by atoms with E-state index >= 15 is 0 Å². The third-order valence-corrected chi connectivity index (χ3v) is 2.72. The second-order valence-corrected chi connectivity index (χ2v) is 4.31. The van der Waals surface area contributed by atoms with Gasteiger partial charge in [-0.1, -0.05) is 12.1 Å². The molecule has 9 nitrogen and oxygen atoms in total. The Hall–Kier alpha value is -3.19. The Bertz CT molecular complexity index is 667. The molecule has 0 fully saturated rings. The zero-order valence-corrected chi connectivity index (χ0v) is 13.3. The maximum atomic E-state index is 12.0. The first kappa shape index (κ1) is 18.9. The number of hydrogen-bond acceptors (Lipinski definition) is 7. The Balaban J connectivity index is 2.62. The molecule has 0 atom stereocenters. The van der Waals surface area contributed by atoms with E-state index in [1.54, 1.807) is 31.2 Å². The summed E-state index contributed by atoms with van der Waals surface area (Å²) in [5.41, 5.74) is 6.29. The van der Waals surface area contributed by atoms with Crippen molar-refractivity contribution >= 4 is 23.4 Å². The first-order chi connectivity index (χ1) is 11.5. The Labute approximate surface area is 138 Å². The van der Waals surface area contributed by atoms with Crippen LogP contribution in [0, 0.1) is 5.53 Å². The van der Waals surface area contributed by atoms with Gasteiger partial charge in [-0.05, 0) is 19.1 Å². The van der Waals surface area contributed by atoms with Crippen LogP contribution in [0.5, 0.6) is 11.5 Å². The molecule has 9 heteroatoms. The van der Waals surface area contributed by atoms with Gasteiger partial charge in [0.25, 0.3) is 5.78 Å². The number of rotatable bonds is 9. The molecule has 0 aromatic heterocycles. The topological polar surface area (TPSA) is 129 Å². The van der Waals surface area contributed by atoms with Crippen LogP contribution in [0.25, 0.3) is 0 Å². The zero-order valence-electron chi connectivity index (χ0n) is 13.3. The van der Waals surface area contributed by atoms with Crippen molar-refractivity contribution in [3.63, 3.8) is 0 Å². The summed E-state index contributed by atoms with van der Waals surface area (Å²) >= 11 is 0. The number of nitrogens with one attached hydrogen (secondary N) is 2. The number of methoxy groups -OCH3 is 1. The molecule has 0 bridgehead atoms. The Kier molecular flexibility index (Phi) is 7.66. The summed E-state index contributed by atoms with van der Waals surface area (Å²) in [6.07, 6.45) is 0. The predicted molar refractivity (Wildman–Crippen MR) is 81.1 cm³/mol. The lowest BCUT2D eigenvalue weighted by Gasteiger charge is -2.08. The van der Waals surface area contributed by atoms with Gasteiger partial charge in [0.1, 0.15) is 6.54 Å². The van der Waals surface area contributed by atoms with Crippen molar-refractivity contribution in [1.29, 1.82) is 5.53 Å². The molecule has 1 aromatic carbocycles. The van der Waals surface area contributed by atoms with Crippen molar-refractivity contribution < 1.29 is 33.4 Å². The summed E-state index contributed by atoms with van der Waals surface area (Å²) in [6.45, 7) is 0.853. The van der Waals surface area contributed by atoms with Crippen LogP contribution in [0.2, 0.25) is 0 Å². The molecule has 2 N–H and O–H groups in total. The fraction of sp³-hybridized carbons (Fsp3) is 0.333. The van der Waals surface area contributed by atoms with Gasteiger partial charge in [0, 0.05) is 0 Å². The molecule has 24 heavy (non-hydrogen) atoms.